The summed E-state index contributed by atoms with van der Waals surface area (Å²) in [6.07, 6.45) is 0.475. The van der Waals surface area contributed by atoms with Crippen LogP contribution in [0, 0.1) is 5.41 Å². The van der Waals surface area contributed by atoms with Crippen LogP contribution in [0.15, 0.2) is 18.2 Å². The van der Waals surface area contributed by atoms with Crippen LogP contribution < -0.4 is 4.74 Å². The highest BCUT2D eigenvalue weighted by Gasteiger charge is 2.27. The molecule has 1 aromatic rings. The molecule has 0 unspecified atom stereocenters. The summed E-state index contributed by atoms with van der Waals surface area (Å²) in [7, 11) is 3.22. The average molecular weight is 252 g/mol. The van der Waals surface area contributed by atoms with E-state index in [4.69, 9.17) is 14.6 Å². The van der Waals surface area contributed by atoms with Crippen LogP contribution in [0.25, 0.3) is 0 Å². The quantitative estimate of drug-likeness (QED) is 0.845. The molecule has 0 aromatic heterocycles. The van der Waals surface area contributed by atoms with E-state index in [0.717, 1.165) is 16.9 Å². The summed E-state index contributed by atoms with van der Waals surface area (Å²) < 4.78 is 10.3. The summed E-state index contributed by atoms with van der Waals surface area (Å²) in [4.78, 5) is 11.1. The molecule has 0 heterocycles. The second kappa shape index (κ2) is 5.87. The summed E-state index contributed by atoms with van der Waals surface area (Å²) in [5.41, 5.74) is 1.12. The van der Waals surface area contributed by atoms with E-state index in [0.29, 0.717) is 13.0 Å². The van der Waals surface area contributed by atoms with Gasteiger partial charge in [-0.05, 0) is 38.0 Å². The SMILES string of the molecule is COCc1cc(CC(C)(C)C(=O)O)ccc1OC. The Bertz CT molecular complexity index is 424. The van der Waals surface area contributed by atoms with E-state index in [9.17, 15) is 4.79 Å². The molecule has 0 spiro atoms. The van der Waals surface area contributed by atoms with Gasteiger partial charge in [-0.15, -0.1) is 0 Å². The molecule has 0 aliphatic rings. The van der Waals surface area contributed by atoms with Crippen LogP contribution in [0.2, 0.25) is 0 Å². The molecule has 0 aliphatic carbocycles. The fourth-order valence-corrected chi connectivity index (χ4v) is 1.80. The highest BCUT2D eigenvalue weighted by molar-refractivity contribution is 5.74. The molecule has 0 atom stereocenters. The molecular weight excluding hydrogens is 232 g/mol. The largest absolute Gasteiger partial charge is 0.496 e. The van der Waals surface area contributed by atoms with Gasteiger partial charge in [-0.25, -0.2) is 0 Å². The highest BCUT2D eigenvalue weighted by Crippen LogP contribution is 2.26. The standard InChI is InChI=1S/C14H20O4/c1-14(2,13(15)16)8-10-5-6-12(18-4)11(7-10)9-17-3/h5-7H,8-9H2,1-4H3,(H,15,16). The van der Waals surface area contributed by atoms with Crippen molar-refractivity contribution in [2.75, 3.05) is 14.2 Å². The Morgan fingerprint density at radius 3 is 2.50 bits per heavy atom. The van der Waals surface area contributed by atoms with Crippen molar-refractivity contribution in [2.24, 2.45) is 5.41 Å². The first-order chi connectivity index (χ1) is 8.40. The molecular formula is C14H20O4. The fourth-order valence-electron chi connectivity index (χ4n) is 1.80. The monoisotopic (exact) mass is 252 g/mol. The minimum absolute atomic E-state index is 0.449. The van der Waals surface area contributed by atoms with Crippen molar-refractivity contribution in [1.29, 1.82) is 0 Å². The highest BCUT2D eigenvalue weighted by atomic mass is 16.5. The minimum atomic E-state index is -0.799. The third-order valence-corrected chi connectivity index (χ3v) is 2.87. The topological polar surface area (TPSA) is 55.8 Å². The number of aliphatic carboxylic acids is 1. The summed E-state index contributed by atoms with van der Waals surface area (Å²) >= 11 is 0. The number of carbonyl (C=O) groups is 1. The summed E-state index contributed by atoms with van der Waals surface area (Å²) in [6, 6.07) is 5.68. The van der Waals surface area contributed by atoms with Gasteiger partial charge in [0.1, 0.15) is 5.75 Å². The molecule has 0 bridgehead atoms. The summed E-state index contributed by atoms with van der Waals surface area (Å²) in [5, 5.41) is 9.13. The smallest absolute Gasteiger partial charge is 0.309 e. The van der Waals surface area contributed by atoms with Gasteiger partial charge in [-0.2, -0.15) is 0 Å². The second-order valence-electron chi connectivity index (χ2n) is 4.95. The van der Waals surface area contributed by atoms with E-state index < -0.39 is 11.4 Å². The third-order valence-electron chi connectivity index (χ3n) is 2.87. The second-order valence-corrected chi connectivity index (χ2v) is 4.95. The lowest BCUT2D eigenvalue weighted by molar-refractivity contribution is -0.146. The molecule has 4 heteroatoms. The third kappa shape index (κ3) is 3.47. The molecule has 4 nitrogen and oxygen atoms in total. The first-order valence-electron chi connectivity index (χ1n) is 5.79. The fraction of sp³-hybridized carbons (Fsp3) is 0.500. The molecule has 0 amide bonds. The predicted octanol–water partition coefficient (Wildman–Crippen LogP) is 2.49. The number of rotatable bonds is 6. The van der Waals surface area contributed by atoms with Gasteiger partial charge in [0.2, 0.25) is 0 Å². The van der Waals surface area contributed by atoms with Gasteiger partial charge in [-0.3, -0.25) is 4.79 Å². The normalized spacial score (nSPS) is 11.3. The average Bonchev–Trinajstić information content (AvgIpc) is 2.29. The molecule has 1 rings (SSSR count). The van der Waals surface area contributed by atoms with Crippen molar-refractivity contribution in [1.82, 2.24) is 0 Å². The molecule has 0 saturated heterocycles. The number of carboxylic acid groups (broad SMARTS) is 1. The Morgan fingerprint density at radius 2 is 2.00 bits per heavy atom. The maximum Gasteiger partial charge on any atom is 0.309 e. The van der Waals surface area contributed by atoms with Crippen LogP contribution >= 0.6 is 0 Å². The van der Waals surface area contributed by atoms with Gasteiger partial charge in [0.25, 0.3) is 0 Å². The van der Waals surface area contributed by atoms with Crippen molar-refractivity contribution < 1.29 is 19.4 Å². The summed E-state index contributed by atoms with van der Waals surface area (Å²) in [6.45, 7) is 3.88. The van der Waals surface area contributed by atoms with Crippen LogP contribution in [0.5, 0.6) is 5.75 Å². The van der Waals surface area contributed by atoms with E-state index in [2.05, 4.69) is 0 Å². The summed E-state index contributed by atoms with van der Waals surface area (Å²) in [5.74, 6) is -0.0414. The van der Waals surface area contributed by atoms with Crippen molar-refractivity contribution in [3.63, 3.8) is 0 Å². The number of benzene rings is 1. The Hall–Kier alpha value is -1.55. The van der Waals surface area contributed by atoms with Crippen LogP contribution in [0.1, 0.15) is 25.0 Å². The number of methoxy groups -OCH3 is 2. The van der Waals surface area contributed by atoms with Crippen molar-refractivity contribution in [3.8, 4) is 5.75 Å². The van der Waals surface area contributed by atoms with E-state index in [1.54, 1.807) is 28.1 Å². The molecule has 0 aliphatic heterocycles. The Morgan fingerprint density at radius 1 is 1.33 bits per heavy atom. The maximum absolute atomic E-state index is 11.1. The number of ether oxygens (including phenoxy) is 2. The van der Waals surface area contributed by atoms with E-state index in [-0.39, 0.29) is 0 Å². The van der Waals surface area contributed by atoms with Crippen LogP contribution in [0.4, 0.5) is 0 Å². The van der Waals surface area contributed by atoms with Gasteiger partial charge in [0.05, 0.1) is 19.1 Å². The van der Waals surface area contributed by atoms with Gasteiger partial charge < -0.3 is 14.6 Å². The van der Waals surface area contributed by atoms with Gasteiger partial charge in [0, 0.05) is 12.7 Å². The zero-order valence-electron chi connectivity index (χ0n) is 11.3. The zero-order valence-corrected chi connectivity index (χ0v) is 11.3. The van der Waals surface area contributed by atoms with Crippen LogP contribution in [-0.2, 0) is 22.6 Å². The number of hydrogen-bond donors (Lipinski definition) is 1. The van der Waals surface area contributed by atoms with Crippen molar-refractivity contribution >= 4 is 5.97 Å². The van der Waals surface area contributed by atoms with Crippen molar-refractivity contribution in [2.45, 2.75) is 26.9 Å². The van der Waals surface area contributed by atoms with E-state index in [1.807, 2.05) is 18.2 Å². The minimum Gasteiger partial charge on any atom is -0.496 e. The first kappa shape index (κ1) is 14.5. The predicted molar refractivity (Wildman–Crippen MR) is 68.8 cm³/mol. The zero-order chi connectivity index (χ0) is 13.8. The Balaban J connectivity index is 2.98. The van der Waals surface area contributed by atoms with E-state index in [1.165, 1.54) is 0 Å². The maximum atomic E-state index is 11.1. The van der Waals surface area contributed by atoms with Gasteiger partial charge >= 0.3 is 5.97 Å². The van der Waals surface area contributed by atoms with E-state index >= 15 is 0 Å². The molecule has 0 saturated carbocycles. The van der Waals surface area contributed by atoms with Crippen LogP contribution in [0.3, 0.4) is 0 Å². The molecule has 100 valence electrons. The number of carboxylic acids is 1. The van der Waals surface area contributed by atoms with Crippen LogP contribution in [-0.4, -0.2) is 25.3 Å². The molecule has 18 heavy (non-hydrogen) atoms. The lowest BCUT2D eigenvalue weighted by atomic mass is 9.85. The Kier molecular flexibility index (Phi) is 4.73. The molecule has 0 radical (unpaired) electrons. The molecule has 0 fully saturated rings. The van der Waals surface area contributed by atoms with Gasteiger partial charge in [0.15, 0.2) is 0 Å². The first-order valence-corrected chi connectivity index (χ1v) is 5.79. The lowest BCUT2D eigenvalue weighted by Crippen LogP contribution is -2.26. The number of hydrogen-bond acceptors (Lipinski definition) is 3. The lowest BCUT2D eigenvalue weighted by Gasteiger charge is -2.20. The van der Waals surface area contributed by atoms with Gasteiger partial charge in [-0.1, -0.05) is 6.07 Å². The Labute approximate surface area is 108 Å². The van der Waals surface area contributed by atoms with Crippen molar-refractivity contribution in [3.05, 3.63) is 29.3 Å². The molecule has 1 N–H and O–H groups in total. The molecule has 1 aromatic carbocycles.